The molecule has 3 aliphatic rings. The van der Waals surface area contributed by atoms with E-state index in [1.54, 1.807) is 6.07 Å². The average molecular weight is 395 g/mol. The molecule has 2 fully saturated rings. The molecule has 7 atom stereocenters. The van der Waals surface area contributed by atoms with Crippen molar-refractivity contribution in [1.29, 1.82) is 0 Å². The van der Waals surface area contributed by atoms with E-state index in [2.05, 4.69) is 13.0 Å². The standard InChI is InChI=1S/C23H32ClFO2/c1-23-9-8-18-17-7-6-16(26)12-15(17)11-14(5-3-2-4-10-24)21(18)19(23)13-20(25)22(23)27/h6-7,12,14,18-22,26-27H,2-5,8-11,13H2,1H3/t14-,18-,19+,20+,21-,22+,23+/m1/s1. The molecule has 0 amide bonds. The summed E-state index contributed by atoms with van der Waals surface area (Å²) in [6.45, 7) is 2.12. The second kappa shape index (κ2) is 7.55. The van der Waals surface area contributed by atoms with Gasteiger partial charge in [0.25, 0.3) is 0 Å². The summed E-state index contributed by atoms with van der Waals surface area (Å²) in [6, 6.07) is 5.82. The fraction of sp³-hybridized carbons (Fsp3) is 0.739. The van der Waals surface area contributed by atoms with Gasteiger partial charge in [-0.3, -0.25) is 0 Å². The van der Waals surface area contributed by atoms with Gasteiger partial charge in [0, 0.05) is 5.88 Å². The lowest BCUT2D eigenvalue weighted by atomic mass is 9.52. The number of alkyl halides is 2. The first-order valence-corrected chi connectivity index (χ1v) is 11.2. The number of aliphatic hydroxyl groups excluding tert-OH is 1. The second-order valence-electron chi connectivity index (χ2n) is 9.42. The van der Waals surface area contributed by atoms with E-state index in [1.165, 1.54) is 11.1 Å². The molecule has 27 heavy (non-hydrogen) atoms. The minimum atomic E-state index is -1.09. The molecule has 0 heterocycles. The molecule has 0 bridgehead atoms. The Kier molecular flexibility index (Phi) is 5.46. The van der Waals surface area contributed by atoms with Crippen molar-refractivity contribution >= 4 is 11.6 Å². The number of aromatic hydroxyl groups is 1. The lowest BCUT2D eigenvalue weighted by molar-refractivity contribution is -0.0495. The number of benzene rings is 1. The Morgan fingerprint density at radius 2 is 2.07 bits per heavy atom. The number of unbranched alkanes of at least 4 members (excludes halogenated alkanes) is 2. The Morgan fingerprint density at radius 1 is 1.26 bits per heavy atom. The van der Waals surface area contributed by atoms with Crippen molar-refractivity contribution in [2.75, 3.05) is 5.88 Å². The van der Waals surface area contributed by atoms with Crippen molar-refractivity contribution in [3.05, 3.63) is 29.3 Å². The van der Waals surface area contributed by atoms with Crippen LogP contribution in [0.25, 0.3) is 0 Å². The number of hydrogen-bond acceptors (Lipinski definition) is 2. The van der Waals surface area contributed by atoms with E-state index in [1.807, 2.05) is 6.07 Å². The van der Waals surface area contributed by atoms with Gasteiger partial charge in [0.05, 0.1) is 6.10 Å². The van der Waals surface area contributed by atoms with E-state index in [0.29, 0.717) is 35.8 Å². The number of halogens is 2. The molecule has 2 saturated carbocycles. The zero-order chi connectivity index (χ0) is 19.2. The summed E-state index contributed by atoms with van der Waals surface area (Å²) >= 11 is 5.84. The van der Waals surface area contributed by atoms with Crippen LogP contribution in [0.2, 0.25) is 0 Å². The van der Waals surface area contributed by atoms with Gasteiger partial charge in [0.1, 0.15) is 11.9 Å². The molecule has 1 aromatic rings. The van der Waals surface area contributed by atoms with Crippen LogP contribution in [0.1, 0.15) is 68.9 Å². The molecule has 1 aromatic carbocycles. The van der Waals surface area contributed by atoms with Crippen LogP contribution in [-0.2, 0) is 6.42 Å². The quantitative estimate of drug-likeness (QED) is 0.505. The zero-order valence-electron chi connectivity index (χ0n) is 16.2. The topological polar surface area (TPSA) is 40.5 Å². The number of aliphatic hydroxyl groups is 1. The Hall–Kier alpha value is -0.800. The second-order valence-corrected chi connectivity index (χ2v) is 9.79. The molecule has 0 saturated heterocycles. The van der Waals surface area contributed by atoms with E-state index < -0.39 is 12.3 Å². The number of hydrogen-bond donors (Lipinski definition) is 2. The van der Waals surface area contributed by atoms with Crippen LogP contribution in [0.4, 0.5) is 4.39 Å². The normalized spacial score (nSPS) is 40.3. The third kappa shape index (κ3) is 3.29. The van der Waals surface area contributed by atoms with Gasteiger partial charge in [-0.25, -0.2) is 4.39 Å². The van der Waals surface area contributed by atoms with Gasteiger partial charge in [-0.15, -0.1) is 11.6 Å². The largest absolute Gasteiger partial charge is 0.508 e. The highest BCUT2D eigenvalue weighted by molar-refractivity contribution is 6.17. The van der Waals surface area contributed by atoms with E-state index in [-0.39, 0.29) is 11.3 Å². The summed E-state index contributed by atoms with van der Waals surface area (Å²) in [5.41, 5.74) is 2.34. The Labute approximate surface area is 167 Å². The van der Waals surface area contributed by atoms with Crippen molar-refractivity contribution in [1.82, 2.24) is 0 Å². The van der Waals surface area contributed by atoms with Gasteiger partial charge in [-0.2, -0.15) is 0 Å². The van der Waals surface area contributed by atoms with Crippen molar-refractivity contribution < 1.29 is 14.6 Å². The Bertz CT molecular complexity index is 680. The smallest absolute Gasteiger partial charge is 0.127 e. The molecule has 0 radical (unpaired) electrons. The summed E-state index contributed by atoms with van der Waals surface area (Å²) in [5, 5.41) is 20.6. The highest BCUT2D eigenvalue weighted by Crippen LogP contribution is 2.63. The number of phenolic OH excluding ortho intramolecular Hbond substituents is 1. The lowest BCUT2D eigenvalue weighted by Crippen LogP contribution is -2.47. The summed E-state index contributed by atoms with van der Waals surface area (Å²) in [4.78, 5) is 0. The van der Waals surface area contributed by atoms with Crippen LogP contribution in [0.15, 0.2) is 18.2 Å². The first-order valence-electron chi connectivity index (χ1n) is 10.7. The van der Waals surface area contributed by atoms with Gasteiger partial charge >= 0.3 is 0 Å². The molecule has 0 unspecified atom stereocenters. The third-order valence-electron chi connectivity index (χ3n) is 8.03. The van der Waals surface area contributed by atoms with Crippen molar-refractivity contribution in [3.8, 4) is 5.75 Å². The number of fused-ring (bicyclic) bond motifs is 5. The molecule has 150 valence electrons. The zero-order valence-corrected chi connectivity index (χ0v) is 17.0. The first-order chi connectivity index (χ1) is 13.0. The van der Waals surface area contributed by atoms with Crippen LogP contribution in [0.3, 0.4) is 0 Å². The van der Waals surface area contributed by atoms with Crippen LogP contribution >= 0.6 is 11.6 Å². The van der Waals surface area contributed by atoms with Crippen molar-refractivity contribution in [2.24, 2.45) is 23.2 Å². The van der Waals surface area contributed by atoms with Crippen molar-refractivity contribution in [2.45, 2.75) is 76.5 Å². The molecule has 4 rings (SSSR count). The van der Waals surface area contributed by atoms with Gasteiger partial charge in [0.15, 0.2) is 0 Å². The minimum absolute atomic E-state index is 0.251. The minimum Gasteiger partial charge on any atom is -0.508 e. The molecule has 2 nitrogen and oxygen atoms in total. The first kappa shape index (κ1) is 19.5. The molecular formula is C23H32ClFO2. The van der Waals surface area contributed by atoms with E-state index in [0.717, 1.165) is 44.9 Å². The molecule has 0 spiro atoms. The highest BCUT2D eigenvalue weighted by atomic mass is 35.5. The van der Waals surface area contributed by atoms with Crippen LogP contribution in [-0.4, -0.2) is 28.4 Å². The van der Waals surface area contributed by atoms with Gasteiger partial charge in [-0.05, 0) is 90.9 Å². The molecular weight excluding hydrogens is 363 g/mol. The van der Waals surface area contributed by atoms with Gasteiger partial charge < -0.3 is 10.2 Å². The van der Waals surface area contributed by atoms with E-state index in [9.17, 15) is 14.6 Å². The maximum atomic E-state index is 14.6. The lowest BCUT2D eigenvalue weighted by Gasteiger charge is -2.53. The predicted octanol–water partition coefficient (Wildman–Crippen LogP) is 5.58. The van der Waals surface area contributed by atoms with E-state index in [4.69, 9.17) is 11.6 Å². The fourth-order valence-corrected chi connectivity index (χ4v) is 6.87. The average Bonchev–Trinajstić information content (AvgIpc) is 2.88. The van der Waals surface area contributed by atoms with Crippen LogP contribution in [0.5, 0.6) is 5.75 Å². The van der Waals surface area contributed by atoms with Crippen molar-refractivity contribution in [3.63, 3.8) is 0 Å². The SMILES string of the molecule is C[C@]12CC[C@@H]3c4ccc(O)cc4C[C@@H](CCCCCCl)[C@H]3[C@@H]1C[C@H](F)[C@@H]2O. The Morgan fingerprint density at radius 3 is 2.85 bits per heavy atom. The third-order valence-corrected chi connectivity index (χ3v) is 8.30. The maximum Gasteiger partial charge on any atom is 0.127 e. The maximum absolute atomic E-state index is 14.6. The number of phenols is 1. The van der Waals surface area contributed by atoms with Crippen LogP contribution in [0, 0.1) is 23.2 Å². The fourth-order valence-electron chi connectivity index (χ4n) is 6.68. The highest BCUT2D eigenvalue weighted by Gasteiger charge is 2.59. The molecule has 0 aromatic heterocycles. The van der Waals surface area contributed by atoms with E-state index >= 15 is 0 Å². The molecule has 4 heteroatoms. The van der Waals surface area contributed by atoms with Crippen LogP contribution < -0.4 is 0 Å². The summed E-state index contributed by atoms with van der Waals surface area (Å²) in [6.07, 6.45) is 5.94. The van der Waals surface area contributed by atoms with Gasteiger partial charge in [-0.1, -0.05) is 25.8 Å². The predicted molar refractivity (Wildman–Crippen MR) is 107 cm³/mol. The summed E-state index contributed by atoms with van der Waals surface area (Å²) in [5.74, 6) is 2.68. The summed E-state index contributed by atoms with van der Waals surface area (Å²) < 4.78 is 14.6. The monoisotopic (exact) mass is 394 g/mol. The molecule has 2 N–H and O–H groups in total. The summed E-state index contributed by atoms with van der Waals surface area (Å²) in [7, 11) is 0. The molecule has 0 aliphatic heterocycles. The van der Waals surface area contributed by atoms with Gasteiger partial charge in [0.2, 0.25) is 0 Å². The number of rotatable bonds is 5. The molecule has 3 aliphatic carbocycles. The Balaban J connectivity index is 1.66.